The number of Topliss-reactive ketones (excluding diaryl/α,β-unsaturated/α-hetero) is 1. The lowest BCUT2D eigenvalue weighted by atomic mass is 9.72. The third-order valence-electron chi connectivity index (χ3n) is 5.54. The van der Waals surface area contributed by atoms with Gasteiger partial charge in [0, 0.05) is 29.5 Å². The highest BCUT2D eigenvalue weighted by molar-refractivity contribution is 6.00. The monoisotopic (exact) mass is 395 g/mol. The van der Waals surface area contributed by atoms with E-state index < -0.39 is 10.8 Å². The molecule has 0 bridgehead atoms. The average molecular weight is 395 g/mol. The number of ether oxygens (including phenoxy) is 1. The number of carbonyl (C=O) groups excluding carboxylic acids is 1. The second-order valence-electron chi connectivity index (χ2n) is 7.50. The van der Waals surface area contributed by atoms with Crippen molar-refractivity contribution in [3.8, 4) is 11.8 Å². The van der Waals surface area contributed by atoms with Gasteiger partial charge in [0.15, 0.2) is 11.5 Å². The topological polar surface area (TPSA) is 105 Å². The number of carbonyl (C=O) groups is 1. The normalized spacial score (nSPS) is 21.4. The molecule has 2 atom stereocenters. The molecule has 29 heavy (non-hydrogen) atoms. The summed E-state index contributed by atoms with van der Waals surface area (Å²) in [5.41, 5.74) is 3.19. The van der Waals surface area contributed by atoms with Crippen LogP contribution in [0.3, 0.4) is 0 Å². The largest absolute Gasteiger partial charge is 0.487 e. The molecule has 0 fully saturated rings. The molecule has 1 aromatic rings. The number of hydrogen-bond donors (Lipinski definition) is 1. The van der Waals surface area contributed by atoms with E-state index in [1.165, 1.54) is 6.07 Å². The third kappa shape index (κ3) is 3.88. The van der Waals surface area contributed by atoms with E-state index in [4.69, 9.17) is 4.74 Å². The highest BCUT2D eigenvalue weighted by atomic mass is 16.6. The first-order valence-electron chi connectivity index (χ1n) is 9.96. The summed E-state index contributed by atoms with van der Waals surface area (Å²) in [5, 5.41) is 24.4. The molecule has 1 heterocycles. The Morgan fingerprint density at radius 2 is 2.10 bits per heavy atom. The van der Waals surface area contributed by atoms with Crippen molar-refractivity contribution in [2.45, 2.75) is 52.4 Å². The molecule has 0 saturated heterocycles. The van der Waals surface area contributed by atoms with E-state index in [0.717, 1.165) is 30.7 Å². The Balaban J connectivity index is 2.13. The van der Waals surface area contributed by atoms with Gasteiger partial charge in [-0.05, 0) is 44.2 Å². The van der Waals surface area contributed by atoms with Crippen molar-refractivity contribution < 1.29 is 14.5 Å². The zero-order valence-electron chi connectivity index (χ0n) is 16.9. The number of nitrogens with zero attached hydrogens (tertiary/aromatic N) is 2. The van der Waals surface area contributed by atoms with Crippen molar-refractivity contribution in [3.63, 3.8) is 0 Å². The Kier molecular flexibility index (Phi) is 6.02. The number of allylic oxidation sites excluding steroid dienone is 4. The van der Waals surface area contributed by atoms with Gasteiger partial charge in [-0.3, -0.25) is 14.9 Å². The van der Waals surface area contributed by atoms with E-state index in [0.29, 0.717) is 29.0 Å². The number of nitriles is 1. The Hall–Kier alpha value is -3.14. The lowest BCUT2D eigenvalue weighted by molar-refractivity contribution is -0.385. The molecule has 0 saturated carbocycles. The fraction of sp³-hybridized carbons (Fsp3) is 0.455. The molecule has 0 amide bonds. The summed E-state index contributed by atoms with van der Waals surface area (Å²) in [6, 6.07) is 6.84. The maximum Gasteiger partial charge on any atom is 0.310 e. The van der Waals surface area contributed by atoms with Crippen LogP contribution in [-0.4, -0.2) is 17.3 Å². The van der Waals surface area contributed by atoms with E-state index in [2.05, 4.69) is 18.3 Å². The van der Waals surface area contributed by atoms with Gasteiger partial charge in [-0.15, -0.1) is 0 Å². The average Bonchev–Trinajstić information content (AvgIpc) is 2.67. The molecule has 7 heteroatoms. The van der Waals surface area contributed by atoms with E-state index >= 15 is 0 Å². The van der Waals surface area contributed by atoms with Crippen LogP contribution in [0.1, 0.15) is 57.9 Å². The molecule has 0 spiro atoms. The Bertz CT molecular complexity index is 955. The van der Waals surface area contributed by atoms with E-state index in [9.17, 15) is 20.2 Å². The van der Waals surface area contributed by atoms with Gasteiger partial charge < -0.3 is 10.1 Å². The zero-order chi connectivity index (χ0) is 21.1. The van der Waals surface area contributed by atoms with Crippen LogP contribution in [0.5, 0.6) is 5.75 Å². The van der Waals surface area contributed by atoms with Gasteiger partial charge in [-0.25, -0.2) is 0 Å². The number of hydrogen-bond acceptors (Lipinski definition) is 6. The molecule has 152 valence electrons. The zero-order valence-corrected chi connectivity index (χ0v) is 16.9. The molecular weight excluding hydrogens is 370 g/mol. The molecule has 7 nitrogen and oxygen atoms in total. The van der Waals surface area contributed by atoms with Crippen molar-refractivity contribution in [3.05, 3.63) is 56.4 Å². The number of nitro benzene ring substituents is 1. The fourth-order valence-electron chi connectivity index (χ4n) is 4.35. The van der Waals surface area contributed by atoms with Gasteiger partial charge in [0.25, 0.3) is 0 Å². The maximum atomic E-state index is 13.1. The van der Waals surface area contributed by atoms with Crippen molar-refractivity contribution in [2.75, 3.05) is 6.61 Å². The summed E-state index contributed by atoms with van der Waals surface area (Å²) < 4.78 is 5.48. The van der Waals surface area contributed by atoms with Crippen LogP contribution in [0, 0.1) is 27.4 Å². The fourth-order valence-corrected chi connectivity index (χ4v) is 4.35. The molecule has 2 aliphatic rings. The molecule has 0 radical (unpaired) electrons. The molecule has 2 unspecified atom stereocenters. The molecule has 3 rings (SSSR count). The van der Waals surface area contributed by atoms with E-state index in [1.807, 2.05) is 6.92 Å². The van der Waals surface area contributed by atoms with E-state index in [-0.39, 0.29) is 23.8 Å². The van der Waals surface area contributed by atoms with Crippen LogP contribution < -0.4 is 10.1 Å². The highest BCUT2D eigenvalue weighted by Crippen LogP contribution is 2.45. The summed E-state index contributed by atoms with van der Waals surface area (Å²) >= 11 is 0. The Morgan fingerprint density at radius 3 is 2.72 bits per heavy atom. The minimum atomic E-state index is -0.536. The summed E-state index contributed by atoms with van der Waals surface area (Å²) in [4.78, 5) is 23.9. The number of rotatable bonds is 6. The summed E-state index contributed by atoms with van der Waals surface area (Å²) in [7, 11) is 0. The van der Waals surface area contributed by atoms with E-state index in [1.54, 1.807) is 19.1 Å². The quantitative estimate of drug-likeness (QED) is 0.561. The summed E-state index contributed by atoms with van der Waals surface area (Å²) in [6.07, 6.45) is 3.23. The van der Waals surface area contributed by atoms with Crippen molar-refractivity contribution in [1.29, 1.82) is 5.26 Å². The van der Waals surface area contributed by atoms with Crippen LogP contribution in [0.4, 0.5) is 5.69 Å². The predicted molar refractivity (Wildman–Crippen MR) is 108 cm³/mol. The second kappa shape index (κ2) is 8.48. The number of benzene rings is 1. The number of dihydropyridines is 1. The van der Waals surface area contributed by atoms with Crippen LogP contribution >= 0.6 is 0 Å². The van der Waals surface area contributed by atoms with Crippen molar-refractivity contribution in [2.24, 2.45) is 5.92 Å². The predicted octanol–water partition coefficient (Wildman–Crippen LogP) is 4.51. The minimum absolute atomic E-state index is 0.0405. The molecule has 1 aliphatic heterocycles. The third-order valence-corrected chi connectivity index (χ3v) is 5.54. The number of nitrogens with one attached hydrogen (secondary N) is 1. The lowest BCUT2D eigenvalue weighted by Gasteiger charge is -2.35. The van der Waals surface area contributed by atoms with Crippen LogP contribution in [0.25, 0.3) is 0 Å². The minimum Gasteiger partial charge on any atom is -0.487 e. The summed E-state index contributed by atoms with van der Waals surface area (Å²) in [5.74, 6) is -0.0467. The first-order valence-corrected chi connectivity index (χ1v) is 9.96. The Morgan fingerprint density at radius 1 is 1.34 bits per heavy atom. The van der Waals surface area contributed by atoms with Gasteiger partial charge in [-0.2, -0.15) is 5.26 Å². The van der Waals surface area contributed by atoms with Crippen LogP contribution in [0.15, 0.2) is 40.7 Å². The van der Waals surface area contributed by atoms with Gasteiger partial charge in [0.1, 0.15) is 0 Å². The van der Waals surface area contributed by atoms with Gasteiger partial charge >= 0.3 is 5.69 Å². The number of ketones is 1. The Labute approximate surface area is 170 Å². The lowest BCUT2D eigenvalue weighted by Crippen LogP contribution is -2.34. The molecule has 1 aliphatic carbocycles. The summed E-state index contributed by atoms with van der Waals surface area (Å²) in [6.45, 7) is 5.97. The smallest absolute Gasteiger partial charge is 0.310 e. The van der Waals surface area contributed by atoms with Crippen molar-refractivity contribution in [1.82, 2.24) is 5.32 Å². The second-order valence-corrected chi connectivity index (χ2v) is 7.50. The maximum absolute atomic E-state index is 13.1. The highest BCUT2D eigenvalue weighted by Gasteiger charge is 2.38. The number of nitro groups is 1. The van der Waals surface area contributed by atoms with Crippen LogP contribution in [0.2, 0.25) is 0 Å². The van der Waals surface area contributed by atoms with Gasteiger partial charge in [0.05, 0.1) is 29.1 Å². The van der Waals surface area contributed by atoms with Gasteiger partial charge in [0.2, 0.25) is 0 Å². The van der Waals surface area contributed by atoms with Gasteiger partial charge in [-0.1, -0.05) is 19.4 Å². The first-order chi connectivity index (χ1) is 13.9. The molecule has 1 N–H and O–H groups in total. The molecular formula is C22H25N3O4. The first kappa shape index (κ1) is 20.6. The standard InChI is InChI=1S/C22H25N3O4/c1-4-6-14-9-17-22(19(26)10-14)21(16(12-23)13(3)24-17)15-7-8-18(25(27)28)20(11-15)29-5-2/h7-8,11,14,21,24H,4-6,9-10H2,1-3H3. The molecule has 0 aromatic heterocycles. The molecule has 1 aromatic carbocycles. The van der Waals surface area contributed by atoms with Crippen molar-refractivity contribution >= 4 is 11.5 Å². The van der Waals surface area contributed by atoms with Crippen LogP contribution in [-0.2, 0) is 4.79 Å². The SMILES string of the molecule is CCCC1CC(=O)C2=C(C1)NC(C)=C(C#N)C2c1ccc([N+](=O)[O-])c(OCC)c1.